The molecule has 3 atom stereocenters. The highest BCUT2D eigenvalue weighted by atomic mass is 32.1. The summed E-state index contributed by atoms with van der Waals surface area (Å²) in [4.78, 5) is 40.7. The van der Waals surface area contributed by atoms with Gasteiger partial charge in [0.15, 0.2) is 5.69 Å². The molecule has 178 valence electrons. The molecule has 2 aromatic heterocycles. The van der Waals surface area contributed by atoms with Crippen LogP contribution >= 0.6 is 11.5 Å². The third kappa shape index (κ3) is 6.01. The first-order valence-electron chi connectivity index (χ1n) is 9.74. The number of rotatable bonds is 4. The summed E-state index contributed by atoms with van der Waals surface area (Å²) in [5, 5.41) is 14.0. The summed E-state index contributed by atoms with van der Waals surface area (Å²) in [5.41, 5.74) is 1.35. The highest BCUT2D eigenvalue weighted by Gasteiger charge is 2.48. The number of aliphatic carboxylic acids is 1. The molecule has 33 heavy (non-hydrogen) atoms. The zero-order chi connectivity index (χ0) is 24.2. The van der Waals surface area contributed by atoms with Gasteiger partial charge in [0.25, 0.3) is 5.91 Å². The molecule has 0 spiro atoms. The quantitative estimate of drug-likeness (QED) is 0.659. The lowest BCUT2D eigenvalue weighted by Gasteiger charge is -2.19. The van der Waals surface area contributed by atoms with Crippen LogP contribution < -0.4 is 5.32 Å². The smallest absolute Gasteiger partial charge is 0.475 e. The van der Waals surface area contributed by atoms with Crippen LogP contribution in [0.3, 0.4) is 0 Å². The van der Waals surface area contributed by atoms with Gasteiger partial charge in [0.1, 0.15) is 0 Å². The van der Waals surface area contributed by atoms with E-state index in [1.165, 1.54) is 11.5 Å². The van der Waals surface area contributed by atoms with Gasteiger partial charge >= 0.3 is 12.1 Å². The van der Waals surface area contributed by atoms with Gasteiger partial charge in [-0.3, -0.25) is 14.6 Å². The van der Waals surface area contributed by atoms with Crippen molar-refractivity contribution in [2.45, 2.75) is 25.7 Å². The Labute approximate surface area is 189 Å². The number of pyridine rings is 1. The summed E-state index contributed by atoms with van der Waals surface area (Å²) in [6.07, 6.45) is -1.75. The van der Waals surface area contributed by atoms with Crippen LogP contribution in [0.4, 0.5) is 13.2 Å². The van der Waals surface area contributed by atoms with Gasteiger partial charge < -0.3 is 20.1 Å². The maximum Gasteiger partial charge on any atom is 0.490 e. The lowest BCUT2D eigenvalue weighted by atomic mass is 9.92. The maximum atomic E-state index is 12.6. The minimum absolute atomic E-state index is 0.0137. The molecule has 2 N–H and O–H groups in total. The zero-order valence-electron chi connectivity index (χ0n) is 17.3. The monoisotopic (exact) mass is 487 g/mol. The van der Waals surface area contributed by atoms with Crippen LogP contribution in [-0.4, -0.2) is 74.3 Å². The van der Waals surface area contributed by atoms with Crippen molar-refractivity contribution in [3.8, 4) is 0 Å². The van der Waals surface area contributed by atoms with Crippen molar-refractivity contribution in [3.63, 3.8) is 0 Å². The number of amides is 2. The Hall–Kier alpha value is -3.13. The van der Waals surface area contributed by atoms with E-state index in [1.807, 2.05) is 19.1 Å². The molecule has 0 bridgehead atoms. The van der Waals surface area contributed by atoms with Crippen molar-refractivity contribution in [1.29, 1.82) is 0 Å². The molecule has 2 aliphatic heterocycles. The zero-order valence-corrected chi connectivity index (χ0v) is 18.1. The molecule has 2 amide bonds. The average Bonchev–Trinajstić information content (AvgIpc) is 3.47. The van der Waals surface area contributed by atoms with Crippen LogP contribution in [0.1, 0.15) is 20.9 Å². The van der Waals surface area contributed by atoms with E-state index in [1.54, 1.807) is 17.3 Å². The van der Waals surface area contributed by atoms with Gasteiger partial charge in [0.2, 0.25) is 5.91 Å². The number of hydrogen-bond acceptors (Lipinski definition) is 8. The number of likely N-dealkylation sites (tertiary alicyclic amines) is 1. The van der Waals surface area contributed by atoms with E-state index < -0.39 is 12.1 Å². The number of alkyl halides is 3. The van der Waals surface area contributed by atoms with E-state index in [9.17, 15) is 22.8 Å². The SMILES string of the molecule is Cc1snnc1C(=O)N1C[C@@H]2[C@@H](C(=O)NCc3cccnc3)CO[C@@H]2C1.O=C(O)C(F)(F)F. The Kier molecular flexibility index (Phi) is 7.58. The number of carboxylic acids is 1. The van der Waals surface area contributed by atoms with Gasteiger partial charge in [-0.25, -0.2) is 4.79 Å². The molecule has 0 aromatic carbocycles. The lowest BCUT2D eigenvalue weighted by Crippen LogP contribution is -2.37. The third-order valence-electron chi connectivity index (χ3n) is 5.23. The minimum atomic E-state index is -5.08. The number of carbonyl (C=O) groups excluding carboxylic acids is 2. The fourth-order valence-electron chi connectivity index (χ4n) is 3.55. The highest BCUT2D eigenvalue weighted by molar-refractivity contribution is 7.05. The van der Waals surface area contributed by atoms with E-state index in [4.69, 9.17) is 14.6 Å². The van der Waals surface area contributed by atoms with Crippen molar-refractivity contribution >= 4 is 29.3 Å². The topological polar surface area (TPSA) is 135 Å². The summed E-state index contributed by atoms with van der Waals surface area (Å²) < 4.78 is 41.4. The van der Waals surface area contributed by atoms with Gasteiger partial charge in [-0.1, -0.05) is 10.6 Å². The summed E-state index contributed by atoms with van der Waals surface area (Å²) in [6, 6.07) is 3.76. The number of hydrogen-bond donors (Lipinski definition) is 2. The molecule has 10 nitrogen and oxygen atoms in total. The van der Waals surface area contributed by atoms with Crippen LogP contribution in [0.15, 0.2) is 24.5 Å². The predicted molar refractivity (Wildman–Crippen MR) is 107 cm³/mol. The molecule has 4 heterocycles. The fourth-order valence-corrected chi connectivity index (χ4v) is 4.01. The second-order valence-corrected chi connectivity index (χ2v) is 8.37. The van der Waals surface area contributed by atoms with Crippen molar-refractivity contribution < 1.29 is 37.4 Å². The Bertz CT molecular complexity index is 1000. The number of carbonyl (C=O) groups is 3. The van der Waals surface area contributed by atoms with E-state index in [0.29, 0.717) is 31.9 Å². The Balaban J connectivity index is 0.000000383. The van der Waals surface area contributed by atoms with Gasteiger partial charge in [-0.2, -0.15) is 13.2 Å². The Morgan fingerprint density at radius 2 is 2.06 bits per heavy atom. The van der Waals surface area contributed by atoms with Gasteiger partial charge in [-0.05, 0) is 30.1 Å². The number of ether oxygens (including phenoxy) is 1. The molecule has 0 unspecified atom stereocenters. The molecule has 2 aromatic rings. The van der Waals surface area contributed by atoms with Gasteiger partial charge in [0.05, 0.1) is 23.5 Å². The first kappa shape index (κ1) is 24.5. The Morgan fingerprint density at radius 1 is 1.33 bits per heavy atom. The standard InChI is InChI=1S/C17H19N5O3S.C2HF3O2/c1-10-15(20-21-26-10)17(24)22-7-12-13(9-25-14(12)8-22)16(23)19-6-11-3-2-4-18-5-11;3-2(4,5)1(6)7/h2-5,12-14H,6-9H2,1H3,(H,19,23);(H,6,7)/t12-,13+,14-;/m1./s1. The number of aromatic nitrogens is 3. The van der Waals surface area contributed by atoms with Crippen LogP contribution in [0.5, 0.6) is 0 Å². The number of nitrogens with zero attached hydrogens (tertiary/aromatic N) is 4. The summed E-state index contributed by atoms with van der Waals surface area (Å²) in [7, 11) is 0. The van der Waals surface area contributed by atoms with Crippen molar-refractivity contribution in [1.82, 2.24) is 24.8 Å². The fraction of sp³-hybridized carbons (Fsp3) is 0.474. The average molecular weight is 487 g/mol. The molecule has 4 rings (SSSR count). The molecule has 0 radical (unpaired) electrons. The van der Waals surface area contributed by atoms with Crippen molar-refractivity contribution in [2.75, 3.05) is 19.7 Å². The lowest BCUT2D eigenvalue weighted by molar-refractivity contribution is -0.192. The second kappa shape index (κ2) is 10.2. The minimum Gasteiger partial charge on any atom is -0.475 e. The predicted octanol–water partition coefficient (Wildman–Crippen LogP) is 1.28. The van der Waals surface area contributed by atoms with Crippen molar-refractivity contribution in [3.05, 3.63) is 40.7 Å². The first-order valence-corrected chi connectivity index (χ1v) is 10.5. The number of nitrogens with one attached hydrogen (secondary N) is 1. The summed E-state index contributed by atoms with van der Waals surface area (Å²) in [6.45, 7) is 3.67. The molecule has 0 aliphatic carbocycles. The van der Waals surface area contributed by atoms with Crippen LogP contribution in [0.2, 0.25) is 0 Å². The van der Waals surface area contributed by atoms with E-state index in [0.717, 1.165) is 10.4 Å². The molecule has 14 heteroatoms. The molecule has 2 aliphatic rings. The van der Waals surface area contributed by atoms with E-state index in [2.05, 4.69) is 19.9 Å². The number of carboxylic acid groups (broad SMARTS) is 1. The van der Waals surface area contributed by atoms with Crippen molar-refractivity contribution in [2.24, 2.45) is 11.8 Å². The molecule has 2 saturated heterocycles. The molecule has 0 saturated carbocycles. The molecular weight excluding hydrogens is 467 g/mol. The van der Waals surface area contributed by atoms with E-state index >= 15 is 0 Å². The summed E-state index contributed by atoms with van der Waals surface area (Å²) >= 11 is 1.21. The molecule has 2 fully saturated rings. The normalized spacial score (nSPS) is 21.7. The number of fused-ring (bicyclic) bond motifs is 1. The van der Waals surface area contributed by atoms with Crippen LogP contribution in [0, 0.1) is 18.8 Å². The summed E-state index contributed by atoms with van der Waals surface area (Å²) in [5.74, 6) is -3.16. The largest absolute Gasteiger partial charge is 0.490 e. The number of halogens is 3. The maximum absolute atomic E-state index is 12.6. The van der Waals surface area contributed by atoms with Gasteiger partial charge in [0, 0.05) is 37.9 Å². The Morgan fingerprint density at radius 3 is 2.64 bits per heavy atom. The number of aryl methyl sites for hydroxylation is 1. The molecular formula is C19H20F3N5O5S. The second-order valence-electron chi connectivity index (χ2n) is 7.41. The first-order chi connectivity index (χ1) is 15.6. The van der Waals surface area contributed by atoms with Crippen LogP contribution in [-0.2, 0) is 20.9 Å². The van der Waals surface area contributed by atoms with Crippen LogP contribution in [0.25, 0.3) is 0 Å². The van der Waals surface area contributed by atoms with E-state index in [-0.39, 0.29) is 29.8 Å². The third-order valence-corrected chi connectivity index (χ3v) is 5.86. The highest BCUT2D eigenvalue weighted by Crippen LogP contribution is 2.34. The van der Waals surface area contributed by atoms with Gasteiger partial charge in [-0.15, -0.1) is 5.10 Å².